The van der Waals surface area contributed by atoms with E-state index in [0.29, 0.717) is 36.3 Å². The van der Waals surface area contributed by atoms with Crippen LogP contribution in [0.1, 0.15) is 83.1 Å². The molecule has 0 atom stereocenters. The molecular formula is C18H44ClN6P. The van der Waals surface area contributed by atoms with Gasteiger partial charge in [0, 0.05) is 36.3 Å². The van der Waals surface area contributed by atoms with Crippen LogP contribution in [-0.2, 0) is 0 Å². The first-order chi connectivity index (χ1) is 11.3. The Labute approximate surface area is 170 Å². The molecule has 0 aliphatic carbocycles. The van der Waals surface area contributed by atoms with E-state index in [9.17, 15) is 0 Å². The van der Waals surface area contributed by atoms with Gasteiger partial charge in [-0.15, -0.1) is 17.9 Å². The van der Waals surface area contributed by atoms with Crippen LogP contribution in [0.15, 0.2) is 0 Å². The molecule has 0 rings (SSSR count). The van der Waals surface area contributed by atoms with Crippen LogP contribution in [0.4, 0.5) is 0 Å². The third-order valence-corrected chi connectivity index (χ3v) is 7.80. The van der Waals surface area contributed by atoms with Crippen molar-refractivity contribution in [3.63, 3.8) is 0 Å². The van der Waals surface area contributed by atoms with E-state index in [1.54, 1.807) is 4.91 Å². The molecule has 0 heterocycles. The molecule has 0 bridgehead atoms. The van der Waals surface area contributed by atoms with Crippen LogP contribution in [0.2, 0.25) is 0 Å². The Morgan fingerprint density at radius 3 is 0.769 bits per heavy atom. The highest BCUT2D eigenvalue weighted by atomic mass is 35.5. The average molecular weight is 411 g/mol. The summed E-state index contributed by atoms with van der Waals surface area (Å²) in [5.41, 5.74) is 12.2. The SMILES string of the molecule is CC(C)N(C(C)C)P(N(C(C)C)C(C)C)N(C(C)C)C(C)C.Cl.[N-]=[N+]=N. The van der Waals surface area contributed by atoms with E-state index >= 15 is 0 Å². The Balaban J connectivity index is -0.00000123. The number of rotatable bonds is 9. The summed E-state index contributed by atoms with van der Waals surface area (Å²) in [5, 5.41) is 0. The fraction of sp³-hybridized carbons (Fsp3) is 1.00. The predicted octanol–water partition coefficient (Wildman–Crippen LogP) is 6.87. The van der Waals surface area contributed by atoms with Gasteiger partial charge in [-0.3, -0.25) is 14.0 Å². The van der Waals surface area contributed by atoms with Crippen molar-refractivity contribution >= 4 is 20.8 Å². The van der Waals surface area contributed by atoms with E-state index < -0.39 is 8.37 Å². The number of halogens is 1. The molecule has 0 aromatic rings. The summed E-state index contributed by atoms with van der Waals surface area (Å²) in [5.74, 6) is 0. The second-order valence-corrected chi connectivity index (χ2v) is 9.99. The lowest BCUT2D eigenvalue weighted by Gasteiger charge is -2.53. The summed E-state index contributed by atoms with van der Waals surface area (Å²) in [6.07, 6.45) is 0. The summed E-state index contributed by atoms with van der Waals surface area (Å²) >= 11 is 0. The second-order valence-electron chi connectivity index (χ2n) is 8.07. The fourth-order valence-electron chi connectivity index (χ4n) is 3.39. The van der Waals surface area contributed by atoms with E-state index in [1.807, 2.05) is 0 Å². The molecule has 26 heavy (non-hydrogen) atoms. The van der Waals surface area contributed by atoms with Gasteiger partial charge in [0.05, 0.1) is 0 Å². The van der Waals surface area contributed by atoms with Crippen molar-refractivity contribution in [1.29, 1.82) is 5.53 Å². The lowest BCUT2D eigenvalue weighted by molar-refractivity contribution is 0.197. The lowest BCUT2D eigenvalue weighted by atomic mass is 10.3. The molecule has 0 saturated heterocycles. The molecule has 0 amide bonds. The van der Waals surface area contributed by atoms with Crippen LogP contribution in [0, 0.1) is 5.53 Å². The zero-order valence-electron chi connectivity index (χ0n) is 19.1. The normalized spacial score (nSPS) is 12.1. The van der Waals surface area contributed by atoms with Crippen molar-refractivity contribution < 1.29 is 0 Å². The zero-order chi connectivity index (χ0) is 20.5. The average Bonchev–Trinajstić information content (AvgIpc) is 2.36. The van der Waals surface area contributed by atoms with Gasteiger partial charge in [-0.2, -0.15) is 0 Å². The summed E-state index contributed by atoms with van der Waals surface area (Å²) in [6.45, 7) is 28.1. The van der Waals surface area contributed by atoms with Crippen molar-refractivity contribution in [2.24, 2.45) is 0 Å². The number of nitrogens with one attached hydrogen (secondary N) is 1. The van der Waals surface area contributed by atoms with Crippen LogP contribution in [0.3, 0.4) is 0 Å². The van der Waals surface area contributed by atoms with Crippen LogP contribution in [0.5, 0.6) is 0 Å². The summed E-state index contributed by atoms with van der Waals surface area (Å²) < 4.78 is 8.19. The molecule has 0 aliphatic rings. The quantitative estimate of drug-likeness (QED) is 0.195. The van der Waals surface area contributed by atoms with Gasteiger partial charge >= 0.3 is 0 Å². The number of hydrogen-bond donors (Lipinski definition) is 1. The molecular weight excluding hydrogens is 367 g/mol. The van der Waals surface area contributed by atoms with Gasteiger partial charge in [0.15, 0.2) is 0 Å². The third kappa shape index (κ3) is 9.73. The first kappa shape index (κ1) is 30.6. The molecule has 0 aromatic carbocycles. The molecule has 0 unspecified atom stereocenters. The Morgan fingerprint density at radius 1 is 0.577 bits per heavy atom. The molecule has 0 spiro atoms. The van der Waals surface area contributed by atoms with Crippen molar-refractivity contribution in [3.8, 4) is 0 Å². The molecule has 6 nitrogen and oxygen atoms in total. The van der Waals surface area contributed by atoms with E-state index in [2.05, 4.69) is 97.1 Å². The Bertz CT molecular complexity index is 310. The smallest absolute Gasteiger partial charge is 0.121 e. The molecule has 0 saturated carbocycles. The van der Waals surface area contributed by atoms with Gasteiger partial charge in [0.25, 0.3) is 0 Å². The standard InChI is InChI=1S/C18H42N3P.ClH.HN3/c1-13(2)19(14(3)4)22(20(15(5)6)16(7)8)21(17(9)10)18(11)12;;1-3-2/h13-18H,1-12H3;1H;1H. The van der Waals surface area contributed by atoms with E-state index in [1.165, 1.54) is 0 Å². The minimum absolute atomic E-state index is 0. The van der Waals surface area contributed by atoms with Gasteiger partial charge in [-0.05, 0) is 93.5 Å². The topological polar surface area (TPSA) is 70.0 Å². The Kier molecular flexibility index (Phi) is 17.6. The highest BCUT2D eigenvalue weighted by Gasteiger charge is 2.39. The third-order valence-electron chi connectivity index (χ3n) is 3.79. The first-order valence-electron chi connectivity index (χ1n) is 9.50. The Morgan fingerprint density at radius 2 is 0.692 bits per heavy atom. The number of nitrogens with zero attached hydrogens (tertiary/aromatic N) is 5. The molecule has 0 aliphatic heterocycles. The van der Waals surface area contributed by atoms with Gasteiger partial charge in [0.1, 0.15) is 8.37 Å². The van der Waals surface area contributed by atoms with Gasteiger partial charge in [0.2, 0.25) is 0 Å². The minimum Gasteiger partial charge on any atom is -0.252 e. The highest BCUT2D eigenvalue weighted by molar-refractivity contribution is 7.50. The summed E-state index contributed by atoms with van der Waals surface area (Å²) in [7, 11) is -0.488. The predicted molar refractivity (Wildman–Crippen MR) is 120 cm³/mol. The first-order valence-corrected chi connectivity index (χ1v) is 10.7. The molecule has 0 fully saturated rings. The van der Waals surface area contributed by atoms with Crippen LogP contribution < -0.4 is 0 Å². The molecule has 158 valence electrons. The minimum atomic E-state index is -0.488. The van der Waals surface area contributed by atoms with Gasteiger partial charge in [-0.1, -0.05) is 0 Å². The molecule has 1 N–H and O–H groups in total. The maximum Gasteiger partial charge on any atom is 0.121 e. The van der Waals surface area contributed by atoms with E-state index in [0.717, 1.165) is 0 Å². The fourth-order valence-corrected chi connectivity index (χ4v) is 6.58. The molecule has 0 radical (unpaired) electrons. The van der Waals surface area contributed by atoms with Crippen molar-refractivity contribution in [2.45, 2.75) is 119 Å². The highest BCUT2D eigenvalue weighted by Crippen LogP contribution is 2.54. The van der Waals surface area contributed by atoms with Crippen molar-refractivity contribution in [2.75, 3.05) is 0 Å². The monoisotopic (exact) mass is 410 g/mol. The largest absolute Gasteiger partial charge is 0.252 e. The zero-order valence-corrected chi connectivity index (χ0v) is 20.8. The second kappa shape index (κ2) is 14.9. The van der Waals surface area contributed by atoms with Crippen LogP contribution >= 0.6 is 20.8 Å². The van der Waals surface area contributed by atoms with Crippen LogP contribution in [0.25, 0.3) is 10.4 Å². The summed E-state index contributed by atoms with van der Waals surface area (Å²) in [6, 6.07) is 3.28. The molecule has 0 aromatic heterocycles. The van der Waals surface area contributed by atoms with E-state index in [4.69, 9.17) is 11.1 Å². The number of hydrogen-bond acceptors (Lipinski definition) is 4. The summed E-state index contributed by atoms with van der Waals surface area (Å²) in [4.78, 5) is 1.75. The Hall–Kier alpha value is -0.0900. The van der Waals surface area contributed by atoms with E-state index in [-0.39, 0.29) is 12.4 Å². The van der Waals surface area contributed by atoms with Crippen molar-refractivity contribution in [3.05, 3.63) is 10.4 Å². The van der Waals surface area contributed by atoms with Gasteiger partial charge < -0.3 is 0 Å². The molecule has 8 heteroatoms. The van der Waals surface area contributed by atoms with Crippen molar-refractivity contribution in [1.82, 2.24) is 14.0 Å². The maximum atomic E-state index is 6.86. The maximum absolute atomic E-state index is 6.86. The van der Waals surface area contributed by atoms with Gasteiger partial charge in [-0.25, -0.2) is 0 Å². The lowest BCUT2D eigenvalue weighted by Crippen LogP contribution is -2.50. The van der Waals surface area contributed by atoms with Crippen LogP contribution in [-0.4, -0.2) is 50.3 Å².